The molecule has 19 heavy (non-hydrogen) atoms. The van der Waals surface area contributed by atoms with E-state index in [9.17, 15) is 4.39 Å². The van der Waals surface area contributed by atoms with Gasteiger partial charge in [0.05, 0.1) is 0 Å². The highest BCUT2D eigenvalue weighted by atomic mass is 19.1. The Bertz CT molecular complexity index is 561. The molecule has 0 heterocycles. The highest BCUT2D eigenvalue weighted by molar-refractivity contribution is 5.45. The summed E-state index contributed by atoms with van der Waals surface area (Å²) < 4.78 is 19.3. The lowest BCUT2D eigenvalue weighted by molar-refractivity contribution is 0.464. The molecule has 0 aromatic heterocycles. The van der Waals surface area contributed by atoms with Crippen LogP contribution in [0.1, 0.15) is 16.7 Å². The van der Waals surface area contributed by atoms with E-state index in [4.69, 9.17) is 4.74 Å². The molecule has 1 N–H and O–H groups in total. The lowest BCUT2D eigenvalue weighted by Gasteiger charge is -2.14. The maximum Gasteiger partial charge on any atom is 0.133 e. The van der Waals surface area contributed by atoms with Crippen molar-refractivity contribution in [2.75, 3.05) is 7.05 Å². The molecule has 0 radical (unpaired) electrons. The molecule has 0 atom stereocenters. The molecular weight excluding hydrogens is 241 g/mol. The van der Waals surface area contributed by atoms with Gasteiger partial charge in [0, 0.05) is 12.1 Å². The fourth-order valence-corrected chi connectivity index (χ4v) is 2.05. The number of hydrogen-bond acceptors (Lipinski definition) is 2. The Labute approximate surface area is 113 Å². The van der Waals surface area contributed by atoms with E-state index in [1.807, 2.05) is 39.1 Å². The van der Waals surface area contributed by atoms with E-state index in [0.717, 1.165) is 22.4 Å². The first-order valence-electron chi connectivity index (χ1n) is 6.29. The molecule has 0 aliphatic heterocycles. The van der Waals surface area contributed by atoms with Crippen LogP contribution in [0.15, 0.2) is 36.4 Å². The van der Waals surface area contributed by atoms with E-state index in [0.29, 0.717) is 12.3 Å². The van der Waals surface area contributed by atoms with Crippen LogP contribution in [0.4, 0.5) is 4.39 Å². The fraction of sp³-hybridized carbons (Fsp3) is 0.250. The van der Waals surface area contributed by atoms with Gasteiger partial charge in [0.25, 0.3) is 0 Å². The van der Waals surface area contributed by atoms with Gasteiger partial charge in [0.15, 0.2) is 0 Å². The number of para-hydroxylation sites is 1. The van der Waals surface area contributed by atoms with Gasteiger partial charge in [0.1, 0.15) is 17.3 Å². The zero-order valence-electron chi connectivity index (χ0n) is 11.5. The van der Waals surface area contributed by atoms with Crippen molar-refractivity contribution >= 4 is 0 Å². The van der Waals surface area contributed by atoms with E-state index in [1.165, 1.54) is 12.1 Å². The molecule has 100 valence electrons. The molecule has 0 amide bonds. The van der Waals surface area contributed by atoms with Crippen LogP contribution in [0.5, 0.6) is 11.5 Å². The van der Waals surface area contributed by atoms with E-state index >= 15 is 0 Å². The minimum atomic E-state index is -0.251. The second-order valence-corrected chi connectivity index (χ2v) is 4.61. The Hall–Kier alpha value is -1.87. The van der Waals surface area contributed by atoms with Crippen molar-refractivity contribution in [1.29, 1.82) is 0 Å². The summed E-state index contributed by atoms with van der Waals surface area (Å²) in [5.41, 5.74) is 2.95. The van der Waals surface area contributed by atoms with Crippen molar-refractivity contribution in [3.05, 3.63) is 58.9 Å². The van der Waals surface area contributed by atoms with Crippen molar-refractivity contribution in [3.8, 4) is 11.5 Å². The first-order valence-corrected chi connectivity index (χ1v) is 6.29. The van der Waals surface area contributed by atoms with Gasteiger partial charge in [-0.05, 0) is 50.2 Å². The molecule has 0 unspecified atom stereocenters. The summed E-state index contributed by atoms with van der Waals surface area (Å²) in [4.78, 5) is 0. The first-order chi connectivity index (χ1) is 9.11. The summed E-state index contributed by atoms with van der Waals surface area (Å²) in [5.74, 6) is 1.28. The Morgan fingerprint density at radius 3 is 2.42 bits per heavy atom. The molecule has 0 saturated heterocycles. The number of hydrogen-bond donors (Lipinski definition) is 1. The largest absolute Gasteiger partial charge is 0.456 e. The Balaban J connectivity index is 2.38. The van der Waals surface area contributed by atoms with E-state index in [2.05, 4.69) is 5.32 Å². The summed E-state index contributed by atoms with van der Waals surface area (Å²) in [5, 5.41) is 3.02. The quantitative estimate of drug-likeness (QED) is 0.897. The highest BCUT2D eigenvalue weighted by Gasteiger charge is 2.09. The Morgan fingerprint density at radius 1 is 1.11 bits per heavy atom. The number of aryl methyl sites for hydroxylation is 2. The van der Waals surface area contributed by atoms with Gasteiger partial charge in [0.2, 0.25) is 0 Å². The van der Waals surface area contributed by atoms with Gasteiger partial charge in [-0.15, -0.1) is 0 Å². The molecule has 3 heteroatoms. The van der Waals surface area contributed by atoms with Gasteiger partial charge < -0.3 is 10.1 Å². The van der Waals surface area contributed by atoms with E-state index in [1.54, 1.807) is 6.07 Å². The molecule has 0 spiro atoms. The number of halogens is 1. The lowest BCUT2D eigenvalue weighted by Crippen LogP contribution is -2.07. The van der Waals surface area contributed by atoms with Crippen molar-refractivity contribution in [3.63, 3.8) is 0 Å². The minimum Gasteiger partial charge on any atom is -0.456 e. The molecular formula is C16H18FNO. The molecule has 0 aliphatic rings. The minimum absolute atomic E-state index is 0.251. The topological polar surface area (TPSA) is 21.3 Å². The van der Waals surface area contributed by atoms with Crippen LogP contribution < -0.4 is 10.1 Å². The van der Waals surface area contributed by atoms with Crippen molar-refractivity contribution in [2.45, 2.75) is 20.4 Å². The maximum atomic E-state index is 13.3. The molecule has 0 aliphatic carbocycles. The third-order valence-electron chi connectivity index (χ3n) is 3.01. The third kappa shape index (κ3) is 3.12. The fourth-order valence-electron chi connectivity index (χ4n) is 2.05. The van der Waals surface area contributed by atoms with Crippen LogP contribution in [-0.2, 0) is 6.54 Å². The molecule has 2 rings (SSSR count). The van der Waals surface area contributed by atoms with Crippen LogP contribution in [-0.4, -0.2) is 7.05 Å². The summed E-state index contributed by atoms with van der Waals surface area (Å²) in [7, 11) is 1.83. The molecule has 2 nitrogen and oxygen atoms in total. The van der Waals surface area contributed by atoms with Crippen LogP contribution in [0.25, 0.3) is 0 Å². The number of nitrogens with one attached hydrogen (secondary N) is 1. The van der Waals surface area contributed by atoms with Gasteiger partial charge in [-0.3, -0.25) is 0 Å². The zero-order valence-corrected chi connectivity index (χ0v) is 11.5. The van der Waals surface area contributed by atoms with Crippen molar-refractivity contribution < 1.29 is 9.13 Å². The zero-order chi connectivity index (χ0) is 13.8. The Kier molecular flexibility index (Phi) is 4.17. The maximum absolute atomic E-state index is 13.3. The molecule has 0 bridgehead atoms. The number of benzene rings is 2. The van der Waals surface area contributed by atoms with Crippen LogP contribution in [0.3, 0.4) is 0 Å². The third-order valence-corrected chi connectivity index (χ3v) is 3.01. The van der Waals surface area contributed by atoms with Crippen LogP contribution in [0, 0.1) is 19.7 Å². The van der Waals surface area contributed by atoms with Gasteiger partial charge in [-0.2, -0.15) is 0 Å². The monoisotopic (exact) mass is 259 g/mol. The second kappa shape index (κ2) is 5.85. The van der Waals surface area contributed by atoms with Crippen LogP contribution >= 0.6 is 0 Å². The summed E-state index contributed by atoms with van der Waals surface area (Å²) in [6, 6.07) is 10.6. The number of ether oxygens (including phenoxy) is 1. The predicted molar refractivity (Wildman–Crippen MR) is 75.2 cm³/mol. The smallest absolute Gasteiger partial charge is 0.133 e. The van der Waals surface area contributed by atoms with Gasteiger partial charge in [-0.1, -0.05) is 18.2 Å². The first kappa shape index (κ1) is 13.6. The number of rotatable bonds is 4. The van der Waals surface area contributed by atoms with Crippen molar-refractivity contribution in [1.82, 2.24) is 5.32 Å². The van der Waals surface area contributed by atoms with Crippen LogP contribution in [0.2, 0.25) is 0 Å². The highest BCUT2D eigenvalue weighted by Crippen LogP contribution is 2.31. The summed E-state index contributed by atoms with van der Waals surface area (Å²) in [6.07, 6.45) is 0. The summed E-state index contributed by atoms with van der Waals surface area (Å²) in [6.45, 7) is 4.57. The van der Waals surface area contributed by atoms with Gasteiger partial charge in [-0.25, -0.2) is 4.39 Å². The average molecular weight is 259 g/mol. The predicted octanol–water partition coefficient (Wildman–Crippen LogP) is 3.95. The van der Waals surface area contributed by atoms with E-state index in [-0.39, 0.29) is 5.82 Å². The lowest BCUT2D eigenvalue weighted by atomic mass is 10.1. The summed E-state index contributed by atoms with van der Waals surface area (Å²) >= 11 is 0. The standard InChI is InChI=1S/C16H18FNO/c1-11-5-4-6-12(2)16(11)19-15-8-7-14(17)9-13(15)10-18-3/h4-9,18H,10H2,1-3H3. The molecule has 2 aromatic rings. The Morgan fingerprint density at radius 2 is 1.79 bits per heavy atom. The second-order valence-electron chi connectivity index (χ2n) is 4.61. The van der Waals surface area contributed by atoms with Crippen molar-refractivity contribution in [2.24, 2.45) is 0 Å². The SMILES string of the molecule is CNCc1cc(F)ccc1Oc1c(C)cccc1C. The van der Waals surface area contributed by atoms with Gasteiger partial charge >= 0.3 is 0 Å². The van der Waals surface area contributed by atoms with E-state index < -0.39 is 0 Å². The molecule has 0 saturated carbocycles. The molecule has 0 fully saturated rings. The molecule has 2 aromatic carbocycles. The average Bonchev–Trinajstić information content (AvgIpc) is 2.37. The normalized spacial score (nSPS) is 10.5.